The maximum atomic E-state index is 13.7. The van der Waals surface area contributed by atoms with Crippen molar-refractivity contribution >= 4 is 17.4 Å². The van der Waals surface area contributed by atoms with Crippen molar-refractivity contribution in [3.8, 4) is 5.75 Å². The highest BCUT2D eigenvalue weighted by molar-refractivity contribution is 6.46. The first-order valence-corrected chi connectivity index (χ1v) is 11.2. The van der Waals surface area contributed by atoms with Gasteiger partial charge in [-0.05, 0) is 61.2 Å². The first-order chi connectivity index (χ1) is 15.4. The Morgan fingerprint density at radius 2 is 1.78 bits per heavy atom. The van der Waals surface area contributed by atoms with Gasteiger partial charge in [0.25, 0.3) is 11.7 Å². The van der Waals surface area contributed by atoms with Crippen LogP contribution in [-0.2, 0) is 9.59 Å². The Labute approximate surface area is 188 Å². The van der Waals surface area contributed by atoms with Gasteiger partial charge in [-0.1, -0.05) is 38.8 Å². The summed E-state index contributed by atoms with van der Waals surface area (Å²) in [6.07, 6.45) is 3.86. The average Bonchev–Trinajstić information content (AvgIpc) is 3.04. The molecular formula is C26H30FNO4. The minimum Gasteiger partial charge on any atom is -0.507 e. The van der Waals surface area contributed by atoms with Gasteiger partial charge in [0.1, 0.15) is 17.3 Å². The van der Waals surface area contributed by atoms with Crippen LogP contribution in [0, 0.1) is 12.7 Å². The number of likely N-dealkylation sites (tertiary alicyclic amines) is 1. The molecule has 0 spiro atoms. The van der Waals surface area contributed by atoms with Crippen LogP contribution in [0.15, 0.2) is 48.0 Å². The number of hydrogen-bond acceptors (Lipinski definition) is 4. The Balaban J connectivity index is 1.99. The SMILES string of the molecule is CCCCCOc1ccc(C2/C(=C(/O)c3ccc(F)c(C)c3)C(=O)C(=O)N2CCC)cc1. The maximum Gasteiger partial charge on any atom is 0.295 e. The number of aliphatic hydroxyl groups is 1. The minimum atomic E-state index is -0.733. The summed E-state index contributed by atoms with van der Waals surface area (Å²) in [6, 6.07) is 10.7. The molecule has 1 N–H and O–H groups in total. The standard InChI is InChI=1S/C26H30FNO4/c1-4-6-7-15-32-20-11-8-18(9-12-20)23-22(25(30)26(31)28(23)14-5-2)24(29)19-10-13-21(27)17(3)16-19/h8-13,16,23,29H,4-7,14-15H2,1-3H3/b24-22-. The predicted molar refractivity (Wildman–Crippen MR) is 122 cm³/mol. The number of nitrogens with zero attached hydrogens (tertiary/aromatic N) is 1. The molecule has 6 heteroatoms. The van der Waals surface area contributed by atoms with Crippen LogP contribution in [0.4, 0.5) is 4.39 Å². The molecule has 1 saturated heterocycles. The number of carbonyl (C=O) groups excluding carboxylic acids is 2. The third-order valence-corrected chi connectivity index (χ3v) is 5.65. The van der Waals surface area contributed by atoms with Crippen molar-refractivity contribution in [1.29, 1.82) is 0 Å². The van der Waals surface area contributed by atoms with Crippen molar-refractivity contribution in [1.82, 2.24) is 4.90 Å². The van der Waals surface area contributed by atoms with Crippen molar-refractivity contribution < 1.29 is 23.8 Å². The van der Waals surface area contributed by atoms with Gasteiger partial charge in [-0.2, -0.15) is 0 Å². The van der Waals surface area contributed by atoms with Crippen molar-refractivity contribution in [2.45, 2.75) is 52.5 Å². The van der Waals surface area contributed by atoms with Crippen molar-refractivity contribution in [3.05, 3.63) is 70.5 Å². The van der Waals surface area contributed by atoms with Crippen LogP contribution in [0.3, 0.4) is 0 Å². The van der Waals surface area contributed by atoms with E-state index in [1.807, 2.05) is 31.2 Å². The molecule has 5 nitrogen and oxygen atoms in total. The fourth-order valence-corrected chi connectivity index (χ4v) is 3.93. The van der Waals surface area contributed by atoms with E-state index in [-0.39, 0.29) is 11.3 Å². The van der Waals surface area contributed by atoms with Crippen LogP contribution < -0.4 is 4.74 Å². The number of unbranched alkanes of at least 4 members (excludes halogenated alkanes) is 2. The zero-order chi connectivity index (χ0) is 23.3. The maximum absolute atomic E-state index is 13.7. The Morgan fingerprint density at radius 1 is 1.06 bits per heavy atom. The van der Waals surface area contributed by atoms with Gasteiger partial charge in [0, 0.05) is 12.1 Å². The quantitative estimate of drug-likeness (QED) is 0.241. The van der Waals surface area contributed by atoms with Gasteiger partial charge in [0.05, 0.1) is 18.2 Å². The average molecular weight is 440 g/mol. The summed E-state index contributed by atoms with van der Waals surface area (Å²) in [5, 5.41) is 11.0. The smallest absolute Gasteiger partial charge is 0.295 e. The molecule has 0 aliphatic carbocycles. The Hall–Kier alpha value is -3.15. The molecule has 1 amide bonds. The molecular weight excluding hydrogens is 409 g/mol. The van der Waals surface area contributed by atoms with Crippen LogP contribution in [0.25, 0.3) is 5.76 Å². The van der Waals surface area contributed by atoms with E-state index in [1.165, 1.54) is 23.1 Å². The lowest BCUT2D eigenvalue weighted by atomic mass is 9.94. The van der Waals surface area contributed by atoms with Crippen molar-refractivity contribution in [2.75, 3.05) is 13.2 Å². The summed E-state index contributed by atoms with van der Waals surface area (Å²) in [5.74, 6) is -1.36. The lowest BCUT2D eigenvalue weighted by Gasteiger charge is -2.25. The molecule has 1 fully saturated rings. The first kappa shape index (κ1) is 23.5. The highest BCUT2D eigenvalue weighted by atomic mass is 19.1. The number of carbonyl (C=O) groups is 2. The second-order valence-electron chi connectivity index (χ2n) is 8.08. The van der Waals surface area contributed by atoms with Crippen LogP contribution in [0.5, 0.6) is 5.75 Å². The van der Waals surface area contributed by atoms with E-state index >= 15 is 0 Å². The topological polar surface area (TPSA) is 66.8 Å². The van der Waals surface area contributed by atoms with E-state index in [2.05, 4.69) is 6.92 Å². The summed E-state index contributed by atoms with van der Waals surface area (Å²) < 4.78 is 19.5. The molecule has 1 heterocycles. The van der Waals surface area contributed by atoms with Gasteiger partial charge in [0.2, 0.25) is 0 Å². The van der Waals surface area contributed by atoms with Crippen LogP contribution >= 0.6 is 0 Å². The number of aryl methyl sites for hydroxylation is 1. The van der Waals surface area contributed by atoms with Gasteiger partial charge in [-0.15, -0.1) is 0 Å². The number of halogens is 1. The van der Waals surface area contributed by atoms with E-state index in [0.717, 1.165) is 19.3 Å². The number of hydrogen-bond donors (Lipinski definition) is 1. The molecule has 0 bridgehead atoms. The molecule has 1 aliphatic rings. The van der Waals surface area contributed by atoms with E-state index in [4.69, 9.17) is 4.74 Å². The summed E-state index contributed by atoms with van der Waals surface area (Å²) >= 11 is 0. The van der Waals surface area contributed by atoms with Crippen molar-refractivity contribution in [3.63, 3.8) is 0 Å². The Bertz CT molecular complexity index is 1010. The minimum absolute atomic E-state index is 0.0195. The van der Waals surface area contributed by atoms with Gasteiger partial charge >= 0.3 is 0 Å². The number of benzene rings is 2. The first-order valence-electron chi connectivity index (χ1n) is 11.2. The summed E-state index contributed by atoms with van der Waals surface area (Å²) in [4.78, 5) is 27.2. The molecule has 0 radical (unpaired) electrons. The summed E-state index contributed by atoms with van der Waals surface area (Å²) in [5.41, 5.74) is 1.38. The number of ketones is 1. The number of rotatable bonds is 9. The lowest BCUT2D eigenvalue weighted by Crippen LogP contribution is -2.30. The van der Waals surface area contributed by atoms with E-state index in [1.54, 1.807) is 6.92 Å². The monoisotopic (exact) mass is 439 g/mol. The van der Waals surface area contributed by atoms with Crippen LogP contribution in [-0.4, -0.2) is 34.8 Å². The Morgan fingerprint density at radius 3 is 2.41 bits per heavy atom. The number of ether oxygens (including phenoxy) is 1. The van der Waals surface area contributed by atoms with E-state index < -0.39 is 23.5 Å². The third-order valence-electron chi connectivity index (χ3n) is 5.65. The van der Waals surface area contributed by atoms with E-state index in [0.29, 0.717) is 42.0 Å². The molecule has 32 heavy (non-hydrogen) atoms. The summed E-state index contributed by atoms with van der Waals surface area (Å²) in [6.45, 7) is 6.65. The zero-order valence-electron chi connectivity index (χ0n) is 18.9. The molecule has 1 unspecified atom stereocenters. The fraction of sp³-hybridized carbons (Fsp3) is 0.385. The van der Waals surface area contributed by atoms with E-state index in [9.17, 15) is 19.1 Å². The molecule has 0 aromatic heterocycles. The summed E-state index contributed by atoms with van der Waals surface area (Å²) in [7, 11) is 0. The van der Waals surface area contributed by atoms with Crippen LogP contribution in [0.2, 0.25) is 0 Å². The lowest BCUT2D eigenvalue weighted by molar-refractivity contribution is -0.139. The van der Waals surface area contributed by atoms with Crippen LogP contribution in [0.1, 0.15) is 62.3 Å². The number of Topliss-reactive ketones (excluding diaryl/α,β-unsaturated/α-hetero) is 1. The third kappa shape index (κ3) is 4.85. The highest BCUT2D eigenvalue weighted by Crippen LogP contribution is 2.40. The Kier molecular flexibility index (Phi) is 7.67. The normalized spacial score (nSPS) is 17.8. The predicted octanol–water partition coefficient (Wildman–Crippen LogP) is 5.53. The number of aliphatic hydroxyl groups excluding tert-OH is 1. The molecule has 2 aromatic rings. The van der Waals surface area contributed by atoms with Gasteiger partial charge < -0.3 is 14.7 Å². The fourth-order valence-electron chi connectivity index (χ4n) is 3.93. The molecule has 3 rings (SSSR count). The zero-order valence-corrected chi connectivity index (χ0v) is 18.9. The molecule has 170 valence electrons. The number of amides is 1. The van der Waals surface area contributed by atoms with Gasteiger partial charge in [-0.25, -0.2) is 4.39 Å². The molecule has 1 atom stereocenters. The molecule has 2 aromatic carbocycles. The van der Waals surface area contributed by atoms with Crippen molar-refractivity contribution in [2.24, 2.45) is 0 Å². The second-order valence-corrected chi connectivity index (χ2v) is 8.08. The van der Waals surface area contributed by atoms with Gasteiger partial charge in [-0.3, -0.25) is 9.59 Å². The second kappa shape index (κ2) is 10.4. The highest BCUT2D eigenvalue weighted by Gasteiger charge is 2.45. The molecule has 1 aliphatic heterocycles. The van der Waals surface area contributed by atoms with Gasteiger partial charge in [0.15, 0.2) is 0 Å². The molecule has 0 saturated carbocycles. The largest absolute Gasteiger partial charge is 0.507 e.